The molecule has 0 aliphatic carbocycles. The van der Waals surface area contributed by atoms with Gasteiger partial charge in [0.1, 0.15) is 6.04 Å². The molecule has 0 saturated carbocycles. The molecule has 0 fully saturated rings. The maximum atomic E-state index is 11.8. The van der Waals surface area contributed by atoms with Crippen LogP contribution in [0, 0.1) is 5.92 Å². The van der Waals surface area contributed by atoms with Crippen molar-refractivity contribution in [1.29, 1.82) is 0 Å². The van der Waals surface area contributed by atoms with Gasteiger partial charge in [0, 0.05) is 0 Å². The predicted octanol–water partition coefficient (Wildman–Crippen LogP) is 1.21. The van der Waals surface area contributed by atoms with Gasteiger partial charge in [-0.2, -0.15) is 0 Å². The lowest BCUT2D eigenvalue weighted by atomic mass is 10.0. The van der Waals surface area contributed by atoms with Crippen LogP contribution in [-0.4, -0.2) is 31.1 Å². The van der Waals surface area contributed by atoms with Crippen LogP contribution in [0.4, 0.5) is 0 Å². The second-order valence-corrected chi connectivity index (χ2v) is 4.96. The Balaban J connectivity index is 4.38. The standard InChI is InChI=1S/C13H26N2O3/c1-5-6-7-10(14)12(16)15-11(8-9(2)3)13(17)18-4/h9-11H,5-8,14H2,1-4H3,(H,15,16)/t10-,11-/m0/s1. The average Bonchev–Trinajstić information content (AvgIpc) is 2.33. The van der Waals surface area contributed by atoms with Crippen LogP contribution < -0.4 is 11.1 Å². The molecule has 2 atom stereocenters. The maximum Gasteiger partial charge on any atom is 0.328 e. The molecule has 0 saturated heterocycles. The first-order chi connectivity index (χ1) is 8.42. The molecule has 0 heterocycles. The molecule has 0 aliphatic rings. The van der Waals surface area contributed by atoms with Gasteiger partial charge in [-0.1, -0.05) is 33.6 Å². The van der Waals surface area contributed by atoms with Gasteiger partial charge in [-0.25, -0.2) is 4.79 Å². The molecule has 0 unspecified atom stereocenters. The van der Waals surface area contributed by atoms with E-state index in [1.54, 1.807) is 0 Å². The van der Waals surface area contributed by atoms with Crippen molar-refractivity contribution in [2.75, 3.05) is 7.11 Å². The van der Waals surface area contributed by atoms with E-state index in [0.29, 0.717) is 18.8 Å². The van der Waals surface area contributed by atoms with E-state index in [1.807, 2.05) is 20.8 Å². The summed E-state index contributed by atoms with van der Waals surface area (Å²) < 4.78 is 4.68. The fourth-order valence-corrected chi connectivity index (χ4v) is 1.66. The molecule has 0 radical (unpaired) electrons. The number of nitrogens with two attached hydrogens (primary N) is 1. The fourth-order valence-electron chi connectivity index (χ4n) is 1.66. The third-order valence-corrected chi connectivity index (χ3v) is 2.71. The molecule has 106 valence electrons. The number of hydrogen-bond donors (Lipinski definition) is 2. The molecule has 0 rings (SSSR count). The first-order valence-corrected chi connectivity index (χ1v) is 6.56. The van der Waals surface area contributed by atoms with Crippen molar-refractivity contribution in [3.8, 4) is 0 Å². The number of unbranched alkanes of at least 4 members (excludes halogenated alkanes) is 1. The summed E-state index contributed by atoms with van der Waals surface area (Å²) in [5.74, 6) is -0.402. The van der Waals surface area contributed by atoms with Crippen molar-refractivity contribution >= 4 is 11.9 Å². The minimum absolute atomic E-state index is 0.278. The molecule has 0 aliphatic heterocycles. The van der Waals surface area contributed by atoms with Crippen LogP contribution in [0.3, 0.4) is 0 Å². The summed E-state index contributed by atoms with van der Waals surface area (Å²) >= 11 is 0. The molecule has 5 heteroatoms. The highest BCUT2D eigenvalue weighted by Gasteiger charge is 2.24. The Kier molecular flexibility index (Phi) is 8.37. The van der Waals surface area contributed by atoms with E-state index in [0.717, 1.165) is 12.8 Å². The summed E-state index contributed by atoms with van der Waals surface area (Å²) in [7, 11) is 1.32. The van der Waals surface area contributed by atoms with Crippen LogP contribution >= 0.6 is 0 Å². The van der Waals surface area contributed by atoms with Gasteiger partial charge in [0.05, 0.1) is 13.2 Å². The minimum Gasteiger partial charge on any atom is -0.467 e. The average molecular weight is 258 g/mol. The number of rotatable bonds is 8. The normalized spacial score (nSPS) is 14.1. The van der Waals surface area contributed by atoms with Crippen LogP contribution in [0.15, 0.2) is 0 Å². The summed E-state index contributed by atoms with van der Waals surface area (Å²) in [5.41, 5.74) is 5.76. The molecule has 3 N–H and O–H groups in total. The van der Waals surface area contributed by atoms with Gasteiger partial charge < -0.3 is 15.8 Å². The fraction of sp³-hybridized carbons (Fsp3) is 0.846. The van der Waals surface area contributed by atoms with E-state index in [4.69, 9.17) is 5.73 Å². The number of methoxy groups -OCH3 is 1. The Labute approximate surface area is 109 Å². The molecular formula is C13H26N2O3. The number of ether oxygens (including phenoxy) is 1. The maximum absolute atomic E-state index is 11.8. The summed E-state index contributed by atoms with van der Waals surface area (Å²) in [5, 5.41) is 2.67. The number of esters is 1. The SMILES string of the molecule is CCCC[C@H](N)C(=O)N[C@@H](CC(C)C)C(=O)OC. The third-order valence-electron chi connectivity index (χ3n) is 2.71. The molecule has 1 amide bonds. The molecule has 0 spiro atoms. The highest BCUT2D eigenvalue weighted by atomic mass is 16.5. The number of carbonyl (C=O) groups is 2. The molecular weight excluding hydrogens is 232 g/mol. The van der Waals surface area contributed by atoms with Crippen LogP contribution in [0.25, 0.3) is 0 Å². The van der Waals surface area contributed by atoms with E-state index in [1.165, 1.54) is 7.11 Å². The monoisotopic (exact) mass is 258 g/mol. The zero-order valence-corrected chi connectivity index (χ0v) is 11.9. The summed E-state index contributed by atoms with van der Waals surface area (Å²) in [4.78, 5) is 23.4. The van der Waals surface area contributed by atoms with Crippen molar-refractivity contribution in [3.63, 3.8) is 0 Å². The van der Waals surface area contributed by atoms with Crippen LogP contribution in [0.5, 0.6) is 0 Å². The zero-order chi connectivity index (χ0) is 14.1. The first-order valence-electron chi connectivity index (χ1n) is 6.56. The van der Waals surface area contributed by atoms with Crippen molar-refractivity contribution in [3.05, 3.63) is 0 Å². The van der Waals surface area contributed by atoms with Crippen molar-refractivity contribution in [2.45, 2.75) is 58.5 Å². The third kappa shape index (κ3) is 6.59. The highest BCUT2D eigenvalue weighted by molar-refractivity contribution is 5.87. The Morgan fingerprint density at radius 3 is 2.39 bits per heavy atom. The topological polar surface area (TPSA) is 81.4 Å². The molecule has 0 aromatic heterocycles. The molecule has 18 heavy (non-hydrogen) atoms. The van der Waals surface area contributed by atoms with Crippen molar-refractivity contribution in [2.24, 2.45) is 11.7 Å². The lowest BCUT2D eigenvalue weighted by Gasteiger charge is -2.20. The van der Waals surface area contributed by atoms with Crippen molar-refractivity contribution < 1.29 is 14.3 Å². The van der Waals surface area contributed by atoms with Crippen LogP contribution in [-0.2, 0) is 14.3 Å². The van der Waals surface area contributed by atoms with E-state index >= 15 is 0 Å². The van der Waals surface area contributed by atoms with E-state index < -0.39 is 18.1 Å². The smallest absolute Gasteiger partial charge is 0.328 e. The first kappa shape index (κ1) is 16.9. The Morgan fingerprint density at radius 1 is 1.33 bits per heavy atom. The highest BCUT2D eigenvalue weighted by Crippen LogP contribution is 2.07. The van der Waals surface area contributed by atoms with Gasteiger partial charge >= 0.3 is 5.97 Å². The minimum atomic E-state index is -0.602. The van der Waals surface area contributed by atoms with E-state index in [2.05, 4.69) is 10.1 Å². The summed E-state index contributed by atoms with van der Waals surface area (Å²) in [6.45, 7) is 6.01. The van der Waals surface area contributed by atoms with Gasteiger partial charge in [0.25, 0.3) is 0 Å². The molecule has 0 aromatic rings. The quantitative estimate of drug-likeness (QED) is 0.641. The van der Waals surface area contributed by atoms with Crippen LogP contribution in [0.1, 0.15) is 46.5 Å². The van der Waals surface area contributed by atoms with E-state index in [-0.39, 0.29) is 5.91 Å². The van der Waals surface area contributed by atoms with Crippen molar-refractivity contribution in [1.82, 2.24) is 5.32 Å². The Bertz CT molecular complexity index is 267. The lowest BCUT2D eigenvalue weighted by molar-refractivity contribution is -0.145. The van der Waals surface area contributed by atoms with Gasteiger partial charge in [0.2, 0.25) is 5.91 Å². The Hall–Kier alpha value is -1.10. The summed E-state index contributed by atoms with van der Waals surface area (Å²) in [6, 6.07) is -1.15. The second kappa shape index (κ2) is 8.91. The second-order valence-electron chi connectivity index (χ2n) is 4.96. The molecule has 0 bridgehead atoms. The number of carbonyl (C=O) groups excluding carboxylic acids is 2. The predicted molar refractivity (Wildman–Crippen MR) is 70.9 cm³/mol. The largest absolute Gasteiger partial charge is 0.467 e. The van der Waals surface area contributed by atoms with Gasteiger partial charge in [-0.3, -0.25) is 4.79 Å². The number of hydrogen-bond acceptors (Lipinski definition) is 4. The summed E-state index contributed by atoms with van der Waals surface area (Å²) in [6.07, 6.45) is 3.09. The molecule has 5 nitrogen and oxygen atoms in total. The van der Waals surface area contributed by atoms with Crippen LogP contribution in [0.2, 0.25) is 0 Å². The van der Waals surface area contributed by atoms with Gasteiger partial charge in [0.15, 0.2) is 0 Å². The molecule has 0 aromatic carbocycles. The number of amides is 1. The van der Waals surface area contributed by atoms with Gasteiger partial charge in [-0.05, 0) is 18.8 Å². The Morgan fingerprint density at radius 2 is 1.94 bits per heavy atom. The zero-order valence-electron chi connectivity index (χ0n) is 11.9. The number of nitrogens with one attached hydrogen (secondary N) is 1. The van der Waals surface area contributed by atoms with E-state index in [9.17, 15) is 9.59 Å². The lowest BCUT2D eigenvalue weighted by Crippen LogP contribution is -2.49. The van der Waals surface area contributed by atoms with Gasteiger partial charge in [-0.15, -0.1) is 0 Å².